The summed E-state index contributed by atoms with van der Waals surface area (Å²) in [4.78, 5) is 2.52. The van der Waals surface area contributed by atoms with E-state index in [9.17, 15) is 0 Å². The molecule has 1 fully saturated rings. The number of rotatable bonds is 10. The summed E-state index contributed by atoms with van der Waals surface area (Å²) in [6, 6.07) is 10.5. The molecule has 0 saturated carbocycles. The Morgan fingerprint density at radius 3 is 2.92 bits per heavy atom. The molecule has 1 aromatic rings. The summed E-state index contributed by atoms with van der Waals surface area (Å²) in [5.41, 5.74) is 1.89. The maximum atomic E-state index is 8.90. The molecule has 0 radical (unpaired) electrons. The molecular formula is C20H29N3OS. The molecule has 1 atom stereocenters. The third-order valence-corrected chi connectivity index (χ3v) is 5.29. The molecule has 0 bridgehead atoms. The molecule has 1 unspecified atom stereocenters. The zero-order chi connectivity index (χ0) is 17.9. The lowest BCUT2D eigenvalue weighted by atomic mass is 10.1. The van der Waals surface area contributed by atoms with Crippen LogP contribution in [0.2, 0.25) is 0 Å². The number of nitrogens with zero attached hydrogens (tertiary/aromatic N) is 2. The molecule has 1 N–H and O–H groups in total. The van der Waals surface area contributed by atoms with Crippen molar-refractivity contribution in [3.05, 3.63) is 42.0 Å². The monoisotopic (exact) mass is 359 g/mol. The maximum Gasteiger partial charge on any atom is 0.119 e. The molecule has 1 saturated heterocycles. The van der Waals surface area contributed by atoms with E-state index < -0.39 is 0 Å². The van der Waals surface area contributed by atoms with Crippen LogP contribution in [0.1, 0.15) is 31.2 Å². The number of nitriles is 1. The van der Waals surface area contributed by atoms with Gasteiger partial charge in [-0.15, -0.1) is 11.8 Å². The van der Waals surface area contributed by atoms with E-state index in [4.69, 9.17) is 10.00 Å². The lowest BCUT2D eigenvalue weighted by molar-refractivity contribution is 0.220. The van der Waals surface area contributed by atoms with Gasteiger partial charge in [-0.05, 0) is 62.8 Å². The minimum absolute atomic E-state index is 0.00197. The van der Waals surface area contributed by atoms with Gasteiger partial charge in [0.15, 0.2) is 0 Å². The third kappa shape index (κ3) is 7.11. The van der Waals surface area contributed by atoms with Crippen LogP contribution < -0.4 is 10.1 Å². The van der Waals surface area contributed by atoms with E-state index in [1.54, 1.807) is 11.8 Å². The van der Waals surface area contributed by atoms with E-state index in [-0.39, 0.29) is 5.37 Å². The number of hydrogen-bond donors (Lipinski definition) is 1. The van der Waals surface area contributed by atoms with Crippen molar-refractivity contribution in [2.24, 2.45) is 0 Å². The van der Waals surface area contributed by atoms with Crippen LogP contribution in [-0.2, 0) is 6.54 Å². The average molecular weight is 360 g/mol. The quantitative estimate of drug-likeness (QED) is 0.391. The average Bonchev–Trinajstić information content (AvgIpc) is 2.65. The van der Waals surface area contributed by atoms with Gasteiger partial charge >= 0.3 is 0 Å². The molecule has 0 aliphatic carbocycles. The second kappa shape index (κ2) is 11.2. The highest BCUT2D eigenvalue weighted by Gasteiger charge is 2.11. The zero-order valence-electron chi connectivity index (χ0n) is 15.2. The van der Waals surface area contributed by atoms with Crippen LogP contribution >= 0.6 is 11.8 Å². The standard InChI is InChI=1S/C20H29N3OS/c1-17(15-21)20(25-2)22-10-7-13-24-19-9-6-8-18(14-19)16-23-11-4-3-5-12-23/h6,8-9,14,20,22H,1,3-5,7,10-13,16H2,2H3. The molecule has 1 aromatic carbocycles. The van der Waals surface area contributed by atoms with Gasteiger partial charge in [0.25, 0.3) is 0 Å². The highest BCUT2D eigenvalue weighted by atomic mass is 32.2. The Balaban J connectivity index is 1.69. The van der Waals surface area contributed by atoms with E-state index >= 15 is 0 Å². The van der Waals surface area contributed by atoms with Crippen molar-refractivity contribution in [2.75, 3.05) is 32.5 Å². The van der Waals surface area contributed by atoms with Gasteiger partial charge in [0.05, 0.1) is 18.0 Å². The third-order valence-electron chi connectivity index (χ3n) is 4.37. The molecule has 136 valence electrons. The number of ether oxygens (including phenoxy) is 1. The van der Waals surface area contributed by atoms with Gasteiger partial charge in [0, 0.05) is 12.1 Å². The van der Waals surface area contributed by atoms with Crippen molar-refractivity contribution in [1.29, 1.82) is 5.26 Å². The smallest absolute Gasteiger partial charge is 0.119 e. The van der Waals surface area contributed by atoms with Crippen molar-refractivity contribution < 1.29 is 4.74 Å². The number of piperidine rings is 1. The molecule has 5 heteroatoms. The summed E-state index contributed by atoms with van der Waals surface area (Å²) in [5, 5.41) is 12.2. The first-order valence-corrected chi connectivity index (χ1v) is 10.3. The fraction of sp³-hybridized carbons (Fsp3) is 0.550. The molecule has 0 aromatic heterocycles. The van der Waals surface area contributed by atoms with Crippen LogP contribution in [0, 0.1) is 11.3 Å². The molecule has 0 amide bonds. The van der Waals surface area contributed by atoms with E-state index in [2.05, 4.69) is 41.1 Å². The second-order valence-corrected chi connectivity index (χ2v) is 7.34. The minimum atomic E-state index is -0.00197. The van der Waals surface area contributed by atoms with Gasteiger partial charge in [-0.25, -0.2) is 0 Å². The molecule has 0 spiro atoms. The van der Waals surface area contributed by atoms with Crippen molar-refractivity contribution in [3.63, 3.8) is 0 Å². The molecule has 2 rings (SSSR count). The van der Waals surface area contributed by atoms with Crippen LogP contribution in [0.25, 0.3) is 0 Å². The highest BCUT2D eigenvalue weighted by molar-refractivity contribution is 7.99. The van der Waals surface area contributed by atoms with Crippen molar-refractivity contribution in [2.45, 2.75) is 37.6 Å². The van der Waals surface area contributed by atoms with Crippen LogP contribution in [-0.4, -0.2) is 42.8 Å². The fourth-order valence-electron chi connectivity index (χ4n) is 3.01. The number of benzene rings is 1. The lowest BCUT2D eigenvalue weighted by Crippen LogP contribution is -2.29. The van der Waals surface area contributed by atoms with Crippen molar-refractivity contribution in [3.8, 4) is 11.8 Å². The number of thioether (sulfide) groups is 1. The second-order valence-electron chi connectivity index (χ2n) is 6.39. The number of hydrogen-bond acceptors (Lipinski definition) is 5. The van der Waals surface area contributed by atoms with Gasteiger partial charge in [-0.2, -0.15) is 5.26 Å². The van der Waals surface area contributed by atoms with Crippen LogP contribution in [0.5, 0.6) is 5.75 Å². The first-order valence-electron chi connectivity index (χ1n) is 9.02. The first kappa shape index (κ1) is 19.8. The van der Waals surface area contributed by atoms with E-state index in [1.807, 2.05) is 12.3 Å². The van der Waals surface area contributed by atoms with E-state index in [1.165, 1.54) is 37.9 Å². The predicted octanol–water partition coefficient (Wildman–Crippen LogP) is 3.80. The Labute approximate surface area is 156 Å². The molecule has 1 heterocycles. The maximum absolute atomic E-state index is 8.90. The summed E-state index contributed by atoms with van der Waals surface area (Å²) in [6.07, 6.45) is 6.88. The Bertz CT molecular complexity index is 579. The molecule has 4 nitrogen and oxygen atoms in total. The van der Waals surface area contributed by atoms with Gasteiger partial charge in [-0.3, -0.25) is 4.90 Å². The molecular weight excluding hydrogens is 330 g/mol. The number of likely N-dealkylation sites (tertiary alicyclic amines) is 1. The summed E-state index contributed by atoms with van der Waals surface area (Å²) >= 11 is 1.60. The van der Waals surface area contributed by atoms with E-state index in [0.29, 0.717) is 12.2 Å². The minimum Gasteiger partial charge on any atom is -0.494 e. The zero-order valence-corrected chi connectivity index (χ0v) is 16.0. The highest BCUT2D eigenvalue weighted by Crippen LogP contribution is 2.18. The Morgan fingerprint density at radius 1 is 1.40 bits per heavy atom. The van der Waals surface area contributed by atoms with Gasteiger partial charge in [0.2, 0.25) is 0 Å². The summed E-state index contributed by atoms with van der Waals surface area (Å²) < 4.78 is 5.89. The normalized spacial score (nSPS) is 16.2. The van der Waals surface area contributed by atoms with Crippen LogP contribution in [0.4, 0.5) is 0 Å². The first-order chi connectivity index (χ1) is 12.2. The predicted molar refractivity (Wildman–Crippen MR) is 106 cm³/mol. The SMILES string of the molecule is C=C(C#N)C(NCCCOc1cccc(CN2CCCCC2)c1)SC. The largest absolute Gasteiger partial charge is 0.494 e. The summed E-state index contributed by atoms with van der Waals surface area (Å²) in [5.74, 6) is 0.942. The molecule has 1 aliphatic rings. The number of nitrogens with one attached hydrogen (secondary N) is 1. The summed E-state index contributed by atoms with van der Waals surface area (Å²) in [6.45, 7) is 8.68. The summed E-state index contributed by atoms with van der Waals surface area (Å²) in [7, 11) is 0. The van der Waals surface area contributed by atoms with Crippen molar-refractivity contribution >= 4 is 11.8 Å². The van der Waals surface area contributed by atoms with Crippen LogP contribution in [0.15, 0.2) is 36.4 Å². The Morgan fingerprint density at radius 2 is 2.20 bits per heavy atom. The van der Waals surface area contributed by atoms with Gasteiger partial charge < -0.3 is 10.1 Å². The van der Waals surface area contributed by atoms with Crippen molar-refractivity contribution in [1.82, 2.24) is 10.2 Å². The lowest BCUT2D eigenvalue weighted by Gasteiger charge is -2.26. The topological polar surface area (TPSA) is 48.3 Å². The molecule has 25 heavy (non-hydrogen) atoms. The van der Waals surface area contributed by atoms with Gasteiger partial charge in [-0.1, -0.05) is 25.1 Å². The fourth-order valence-corrected chi connectivity index (χ4v) is 3.63. The van der Waals surface area contributed by atoms with E-state index in [0.717, 1.165) is 25.3 Å². The Kier molecular flexibility index (Phi) is 8.89. The van der Waals surface area contributed by atoms with Gasteiger partial charge in [0.1, 0.15) is 5.75 Å². The molecule has 1 aliphatic heterocycles. The Hall–Kier alpha value is -1.48. The van der Waals surface area contributed by atoms with Crippen LogP contribution in [0.3, 0.4) is 0 Å².